The molecule has 6 heteroatoms. The quantitative estimate of drug-likeness (QED) is 0.617. The minimum absolute atomic E-state index is 0.238. The molecule has 0 fully saturated rings. The highest BCUT2D eigenvalue weighted by Gasteiger charge is 2.27. The lowest BCUT2D eigenvalue weighted by molar-refractivity contribution is -0.388. The van der Waals surface area contributed by atoms with Crippen LogP contribution in [0.2, 0.25) is 0 Å². The van der Waals surface area contributed by atoms with Crippen molar-refractivity contribution in [1.82, 2.24) is 0 Å². The zero-order valence-electron chi connectivity index (χ0n) is 10.3. The van der Waals surface area contributed by atoms with E-state index >= 15 is 0 Å². The molecule has 0 amide bonds. The lowest BCUT2D eigenvalue weighted by atomic mass is 9.87. The van der Waals surface area contributed by atoms with Gasteiger partial charge in [0.05, 0.1) is 4.92 Å². The fourth-order valence-electron chi connectivity index (χ4n) is 1.40. The Morgan fingerprint density at radius 3 is 2.33 bits per heavy atom. The van der Waals surface area contributed by atoms with Gasteiger partial charge < -0.3 is 0 Å². The Balaban J connectivity index is 3.24. The van der Waals surface area contributed by atoms with E-state index in [9.17, 15) is 23.7 Å². The summed E-state index contributed by atoms with van der Waals surface area (Å²) < 4.78 is 26.4. The van der Waals surface area contributed by atoms with Gasteiger partial charge in [-0.2, -0.15) is 4.39 Å². The average Bonchev–Trinajstić information content (AvgIpc) is 2.13. The van der Waals surface area contributed by atoms with E-state index in [2.05, 4.69) is 0 Å². The molecule has 0 saturated carbocycles. The summed E-state index contributed by atoms with van der Waals surface area (Å²) in [6.07, 6.45) is -0.367. The van der Waals surface area contributed by atoms with Crippen molar-refractivity contribution in [2.45, 2.75) is 27.2 Å². The van der Waals surface area contributed by atoms with E-state index in [1.807, 2.05) is 0 Å². The Bertz CT molecular complexity index is 507. The first-order valence-corrected chi connectivity index (χ1v) is 5.28. The summed E-state index contributed by atoms with van der Waals surface area (Å²) >= 11 is 0. The van der Waals surface area contributed by atoms with E-state index in [1.165, 1.54) is 0 Å². The highest BCUT2D eigenvalue weighted by Crippen LogP contribution is 2.27. The molecule has 98 valence electrons. The van der Waals surface area contributed by atoms with Crippen molar-refractivity contribution in [3.63, 3.8) is 0 Å². The van der Waals surface area contributed by atoms with Gasteiger partial charge in [-0.1, -0.05) is 20.8 Å². The van der Waals surface area contributed by atoms with Crippen LogP contribution in [0.5, 0.6) is 0 Å². The second-order valence-corrected chi connectivity index (χ2v) is 5.00. The molecule has 0 radical (unpaired) electrons. The van der Waals surface area contributed by atoms with Crippen LogP contribution in [-0.4, -0.2) is 10.7 Å². The molecule has 0 atom stereocenters. The highest BCUT2D eigenvalue weighted by atomic mass is 19.1. The third kappa shape index (κ3) is 3.09. The SMILES string of the molecule is CC(C)(C)C(=O)Cc1cc(F)cc(F)c1[N+](=O)[O-]. The van der Waals surface area contributed by atoms with Crippen molar-refractivity contribution in [3.8, 4) is 0 Å². The van der Waals surface area contributed by atoms with Gasteiger partial charge in [0, 0.05) is 23.5 Å². The molecule has 0 aliphatic heterocycles. The highest BCUT2D eigenvalue weighted by molar-refractivity contribution is 5.86. The number of carbonyl (C=O) groups excluding carboxylic acids is 1. The van der Waals surface area contributed by atoms with Gasteiger partial charge in [-0.15, -0.1) is 0 Å². The van der Waals surface area contributed by atoms with Crippen molar-refractivity contribution < 1.29 is 18.5 Å². The van der Waals surface area contributed by atoms with Crippen LogP contribution >= 0.6 is 0 Å². The van der Waals surface area contributed by atoms with Crippen molar-refractivity contribution in [3.05, 3.63) is 39.4 Å². The molecular formula is C12H13F2NO3. The number of halogens is 2. The van der Waals surface area contributed by atoms with E-state index in [0.717, 1.165) is 6.07 Å². The molecule has 18 heavy (non-hydrogen) atoms. The number of Topliss-reactive ketones (excluding diaryl/α,β-unsaturated/α-hetero) is 1. The zero-order chi connectivity index (χ0) is 14.1. The standard InChI is InChI=1S/C12H13F2NO3/c1-12(2,3)10(16)5-7-4-8(13)6-9(14)11(7)15(17)18/h4,6H,5H2,1-3H3. The number of carbonyl (C=O) groups is 1. The fraction of sp³-hybridized carbons (Fsp3) is 0.417. The van der Waals surface area contributed by atoms with Gasteiger partial charge in [0.2, 0.25) is 5.82 Å². The van der Waals surface area contributed by atoms with Crippen LogP contribution in [0.15, 0.2) is 12.1 Å². The number of hydrogen-bond donors (Lipinski definition) is 0. The minimum atomic E-state index is -1.27. The third-order valence-corrected chi connectivity index (χ3v) is 2.48. The predicted octanol–water partition coefficient (Wildman–Crippen LogP) is 3.03. The van der Waals surface area contributed by atoms with E-state index in [0.29, 0.717) is 6.07 Å². The summed E-state index contributed by atoms with van der Waals surface area (Å²) in [5.41, 5.74) is -1.80. The van der Waals surface area contributed by atoms with Crippen LogP contribution in [0.4, 0.5) is 14.5 Å². The molecule has 0 aliphatic rings. The molecule has 0 heterocycles. The molecule has 0 aromatic heterocycles. The van der Waals surface area contributed by atoms with E-state index in [-0.39, 0.29) is 17.8 Å². The number of benzene rings is 1. The van der Waals surface area contributed by atoms with E-state index in [4.69, 9.17) is 0 Å². The maximum Gasteiger partial charge on any atom is 0.308 e. The number of nitro benzene ring substituents is 1. The molecule has 1 aromatic carbocycles. The Kier molecular flexibility index (Phi) is 3.79. The van der Waals surface area contributed by atoms with E-state index in [1.54, 1.807) is 20.8 Å². The molecule has 0 unspecified atom stereocenters. The summed E-state index contributed by atoms with van der Waals surface area (Å²) in [5, 5.41) is 10.7. The van der Waals surface area contributed by atoms with Crippen LogP contribution in [-0.2, 0) is 11.2 Å². The predicted molar refractivity (Wildman–Crippen MR) is 61.2 cm³/mol. The van der Waals surface area contributed by atoms with Crippen LogP contribution in [0, 0.1) is 27.2 Å². The number of ketones is 1. The summed E-state index contributed by atoms with van der Waals surface area (Å²) in [4.78, 5) is 21.5. The zero-order valence-corrected chi connectivity index (χ0v) is 10.3. The van der Waals surface area contributed by atoms with Gasteiger partial charge >= 0.3 is 5.69 Å². The molecule has 1 aromatic rings. The molecule has 0 N–H and O–H groups in total. The van der Waals surface area contributed by atoms with Crippen molar-refractivity contribution in [2.24, 2.45) is 5.41 Å². The van der Waals surface area contributed by atoms with Crippen molar-refractivity contribution in [2.75, 3.05) is 0 Å². The summed E-state index contributed by atoms with van der Waals surface area (Å²) in [6.45, 7) is 4.91. The van der Waals surface area contributed by atoms with Crippen LogP contribution in [0.3, 0.4) is 0 Å². The summed E-state index contributed by atoms with van der Waals surface area (Å²) in [6, 6.07) is 1.26. The van der Waals surface area contributed by atoms with Gasteiger partial charge in [-0.05, 0) is 6.07 Å². The topological polar surface area (TPSA) is 60.2 Å². The van der Waals surface area contributed by atoms with Gasteiger partial charge in [0.15, 0.2) is 0 Å². The monoisotopic (exact) mass is 257 g/mol. The van der Waals surface area contributed by atoms with Gasteiger partial charge in [-0.25, -0.2) is 4.39 Å². The van der Waals surface area contributed by atoms with Crippen LogP contribution < -0.4 is 0 Å². The molecule has 0 saturated heterocycles. The van der Waals surface area contributed by atoms with Crippen molar-refractivity contribution >= 4 is 11.5 Å². The first-order valence-electron chi connectivity index (χ1n) is 5.28. The number of nitrogens with zero attached hydrogens (tertiary/aromatic N) is 1. The molecule has 0 bridgehead atoms. The molecule has 0 spiro atoms. The second kappa shape index (κ2) is 4.80. The Morgan fingerprint density at radius 2 is 1.89 bits per heavy atom. The van der Waals surface area contributed by atoms with Crippen molar-refractivity contribution in [1.29, 1.82) is 0 Å². The largest absolute Gasteiger partial charge is 0.308 e. The first-order chi connectivity index (χ1) is 8.12. The lowest BCUT2D eigenvalue weighted by Crippen LogP contribution is -2.22. The molecule has 1 rings (SSSR count). The molecule has 0 aliphatic carbocycles. The number of nitro groups is 1. The smallest absolute Gasteiger partial charge is 0.299 e. The van der Waals surface area contributed by atoms with E-state index < -0.39 is 27.7 Å². The fourth-order valence-corrected chi connectivity index (χ4v) is 1.40. The third-order valence-electron chi connectivity index (χ3n) is 2.48. The molecular weight excluding hydrogens is 244 g/mol. The maximum absolute atomic E-state index is 13.3. The maximum atomic E-state index is 13.3. The summed E-state index contributed by atoms with van der Waals surface area (Å²) in [5.74, 6) is -2.53. The summed E-state index contributed by atoms with van der Waals surface area (Å²) in [7, 11) is 0. The Morgan fingerprint density at radius 1 is 1.33 bits per heavy atom. The Labute approximate surface area is 103 Å². The lowest BCUT2D eigenvalue weighted by Gasteiger charge is -2.16. The van der Waals surface area contributed by atoms with Crippen LogP contribution in [0.1, 0.15) is 26.3 Å². The second-order valence-electron chi connectivity index (χ2n) is 5.00. The van der Waals surface area contributed by atoms with Gasteiger partial charge in [-0.3, -0.25) is 14.9 Å². The normalized spacial score (nSPS) is 11.4. The molecule has 4 nitrogen and oxygen atoms in total. The van der Waals surface area contributed by atoms with Gasteiger partial charge in [0.25, 0.3) is 0 Å². The number of hydrogen-bond acceptors (Lipinski definition) is 3. The van der Waals surface area contributed by atoms with Gasteiger partial charge in [0.1, 0.15) is 11.6 Å². The minimum Gasteiger partial charge on any atom is -0.299 e. The van der Waals surface area contributed by atoms with Crippen LogP contribution in [0.25, 0.3) is 0 Å². The first kappa shape index (κ1) is 14.2. The Hall–Kier alpha value is -1.85. The average molecular weight is 257 g/mol. The number of rotatable bonds is 3.